The van der Waals surface area contributed by atoms with Gasteiger partial charge in [-0.15, -0.1) is 0 Å². The van der Waals surface area contributed by atoms with Gasteiger partial charge >= 0.3 is 5.97 Å². The molecule has 2 atom stereocenters. The molecular formula is C18H26N2O5. The average molecular weight is 350 g/mol. The van der Waals surface area contributed by atoms with Crippen LogP contribution in [0.25, 0.3) is 0 Å². The van der Waals surface area contributed by atoms with Crippen molar-refractivity contribution in [2.24, 2.45) is 17.1 Å². The number of carbonyl (C=O) groups is 2. The fourth-order valence-corrected chi connectivity index (χ4v) is 4.06. The van der Waals surface area contributed by atoms with E-state index in [-0.39, 0.29) is 23.7 Å². The monoisotopic (exact) mass is 350 g/mol. The van der Waals surface area contributed by atoms with Crippen LogP contribution in [-0.2, 0) is 21.5 Å². The first kappa shape index (κ1) is 17.9. The van der Waals surface area contributed by atoms with Gasteiger partial charge in [0.15, 0.2) is 5.76 Å². The Hall–Kier alpha value is -1.86. The fourth-order valence-electron chi connectivity index (χ4n) is 4.06. The predicted molar refractivity (Wildman–Crippen MR) is 90.2 cm³/mol. The summed E-state index contributed by atoms with van der Waals surface area (Å²) >= 11 is 0. The number of carboxylic acids is 1. The zero-order valence-corrected chi connectivity index (χ0v) is 15.0. The van der Waals surface area contributed by atoms with E-state index >= 15 is 0 Å². The van der Waals surface area contributed by atoms with Gasteiger partial charge in [-0.2, -0.15) is 0 Å². The predicted octanol–water partition coefficient (Wildman–Crippen LogP) is 1.60. The molecule has 3 rings (SSSR count). The van der Waals surface area contributed by atoms with Gasteiger partial charge in [0.2, 0.25) is 0 Å². The molecule has 7 nitrogen and oxygen atoms in total. The quantitative estimate of drug-likeness (QED) is 0.854. The topological polar surface area (TPSA) is 106 Å². The van der Waals surface area contributed by atoms with E-state index in [2.05, 4.69) is 4.90 Å². The number of hydrogen-bond donors (Lipinski definition) is 2. The molecule has 0 saturated carbocycles. The van der Waals surface area contributed by atoms with Gasteiger partial charge < -0.3 is 20.0 Å². The summed E-state index contributed by atoms with van der Waals surface area (Å²) in [4.78, 5) is 25.5. The minimum atomic E-state index is -0.837. The number of primary amides is 1. The average Bonchev–Trinajstić information content (AvgIpc) is 3.08. The summed E-state index contributed by atoms with van der Waals surface area (Å²) in [6, 6.07) is 1.69. The van der Waals surface area contributed by atoms with Crippen molar-refractivity contribution in [2.75, 3.05) is 26.3 Å². The molecule has 1 aromatic rings. The van der Waals surface area contributed by atoms with Gasteiger partial charge in [0, 0.05) is 37.2 Å². The summed E-state index contributed by atoms with van der Waals surface area (Å²) in [5, 5.41) is 9.76. The number of rotatable bonds is 4. The van der Waals surface area contributed by atoms with Crippen LogP contribution in [0.5, 0.6) is 0 Å². The third-order valence-corrected chi connectivity index (χ3v) is 5.29. The van der Waals surface area contributed by atoms with Crippen molar-refractivity contribution in [1.82, 2.24) is 4.90 Å². The molecule has 3 heterocycles. The molecule has 1 amide bonds. The number of carbonyl (C=O) groups excluding carboxylic acids is 1. The van der Waals surface area contributed by atoms with Gasteiger partial charge in [-0.05, 0) is 18.4 Å². The Kier molecular flexibility index (Phi) is 4.41. The van der Waals surface area contributed by atoms with Crippen LogP contribution in [0.3, 0.4) is 0 Å². The third kappa shape index (κ3) is 3.18. The van der Waals surface area contributed by atoms with Gasteiger partial charge in [0.1, 0.15) is 11.2 Å². The summed E-state index contributed by atoms with van der Waals surface area (Å²) < 4.78 is 11.2. The Balaban J connectivity index is 1.86. The minimum absolute atomic E-state index is 0.0827. The number of hydrogen-bond acceptors (Lipinski definition) is 5. The molecule has 0 spiro atoms. The van der Waals surface area contributed by atoms with Gasteiger partial charge in [-0.1, -0.05) is 20.8 Å². The standard InChI is InChI=1S/C18H26N2O5/c1-17(2,3)14-11(6-13(25-14)15(19)21)7-20-8-12-4-5-24-10-18(12,9-20)16(22)23/h6,12H,4-5,7-10H2,1-3H3,(H2,19,21)(H,22,23)/t12-,18+/m0/s1. The third-order valence-electron chi connectivity index (χ3n) is 5.29. The molecule has 2 aliphatic rings. The highest BCUT2D eigenvalue weighted by Gasteiger charge is 2.54. The molecule has 25 heavy (non-hydrogen) atoms. The first-order chi connectivity index (χ1) is 11.6. The fraction of sp³-hybridized carbons (Fsp3) is 0.667. The van der Waals surface area contributed by atoms with E-state index in [1.54, 1.807) is 6.07 Å². The minimum Gasteiger partial charge on any atom is -0.481 e. The van der Waals surface area contributed by atoms with Crippen LogP contribution < -0.4 is 5.73 Å². The van der Waals surface area contributed by atoms with Crippen LogP contribution in [0.2, 0.25) is 0 Å². The maximum Gasteiger partial charge on any atom is 0.313 e. The second-order valence-corrected chi connectivity index (χ2v) is 8.25. The second kappa shape index (κ2) is 6.14. The number of ether oxygens (including phenoxy) is 1. The number of nitrogens with zero attached hydrogens (tertiary/aromatic N) is 1. The van der Waals surface area contributed by atoms with E-state index in [1.165, 1.54) is 0 Å². The lowest BCUT2D eigenvalue weighted by atomic mass is 9.76. The number of aliphatic carboxylic acids is 1. The molecule has 0 unspecified atom stereocenters. The first-order valence-corrected chi connectivity index (χ1v) is 8.60. The lowest BCUT2D eigenvalue weighted by molar-refractivity contribution is -0.159. The molecule has 3 N–H and O–H groups in total. The lowest BCUT2D eigenvalue weighted by Gasteiger charge is -2.34. The molecular weight excluding hydrogens is 324 g/mol. The van der Waals surface area contributed by atoms with Gasteiger partial charge in [-0.25, -0.2) is 0 Å². The number of carboxylic acid groups (broad SMARTS) is 1. The number of furan rings is 1. The van der Waals surface area contributed by atoms with Crippen molar-refractivity contribution in [1.29, 1.82) is 0 Å². The second-order valence-electron chi connectivity index (χ2n) is 8.25. The highest BCUT2D eigenvalue weighted by molar-refractivity contribution is 5.90. The van der Waals surface area contributed by atoms with Gasteiger partial charge in [-0.3, -0.25) is 14.5 Å². The smallest absolute Gasteiger partial charge is 0.313 e. The van der Waals surface area contributed by atoms with E-state index < -0.39 is 17.3 Å². The number of likely N-dealkylation sites (tertiary alicyclic amines) is 1. The molecule has 0 bridgehead atoms. The van der Waals surface area contributed by atoms with Crippen LogP contribution >= 0.6 is 0 Å². The van der Waals surface area contributed by atoms with Crippen LogP contribution in [0.4, 0.5) is 0 Å². The molecule has 0 aromatic carbocycles. The van der Waals surface area contributed by atoms with Crippen molar-refractivity contribution in [3.8, 4) is 0 Å². The molecule has 138 valence electrons. The Morgan fingerprint density at radius 1 is 1.44 bits per heavy atom. The Bertz CT molecular complexity index is 690. The van der Waals surface area contributed by atoms with Crippen LogP contribution in [-0.4, -0.2) is 48.2 Å². The largest absolute Gasteiger partial charge is 0.481 e. The van der Waals surface area contributed by atoms with Crippen LogP contribution in [0.1, 0.15) is 49.1 Å². The van der Waals surface area contributed by atoms with E-state index in [9.17, 15) is 14.7 Å². The summed E-state index contributed by atoms with van der Waals surface area (Å²) in [5.41, 5.74) is 5.14. The maximum atomic E-state index is 11.9. The highest BCUT2D eigenvalue weighted by atomic mass is 16.5. The van der Waals surface area contributed by atoms with E-state index in [4.69, 9.17) is 14.9 Å². The summed E-state index contributed by atoms with van der Waals surface area (Å²) in [6.45, 7) is 8.58. The molecule has 7 heteroatoms. The molecule has 0 aliphatic carbocycles. The zero-order chi connectivity index (χ0) is 18.4. The van der Waals surface area contributed by atoms with Gasteiger partial charge in [0.05, 0.1) is 6.61 Å². The number of amides is 1. The van der Waals surface area contributed by atoms with Crippen LogP contribution in [0.15, 0.2) is 10.5 Å². The summed E-state index contributed by atoms with van der Waals surface area (Å²) in [7, 11) is 0. The van der Waals surface area contributed by atoms with Crippen molar-refractivity contribution in [3.05, 3.63) is 23.2 Å². The van der Waals surface area contributed by atoms with Crippen molar-refractivity contribution >= 4 is 11.9 Å². The van der Waals surface area contributed by atoms with Gasteiger partial charge in [0.25, 0.3) is 5.91 Å². The lowest BCUT2D eigenvalue weighted by Crippen LogP contribution is -2.46. The molecule has 2 fully saturated rings. The molecule has 2 aliphatic heterocycles. The van der Waals surface area contributed by atoms with E-state index in [0.29, 0.717) is 26.2 Å². The SMILES string of the molecule is CC(C)(C)c1oc(C(N)=O)cc1CN1C[C@@H]2CCOC[C@]2(C(=O)O)C1. The highest BCUT2D eigenvalue weighted by Crippen LogP contribution is 2.42. The van der Waals surface area contributed by atoms with Crippen molar-refractivity contribution in [2.45, 2.75) is 39.2 Å². The Morgan fingerprint density at radius 2 is 2.16 bits per heavy atom. The number of nitrogens with two attached hydrogens (primary N) is 1. The summed E-state index contributed by atoms with van der Waals surface area (Å²) in [6.07, 6.45) is 0.757. The van der Waals surface area contributed by atoms with Crippen LogP contribution in [0, 0.1) is 11.3 Å². The van der Waals surface area contributed by atoms with E-state index in [0.717, 1.165) is 17.7 Å². The van der Waals surface area contributed by atoms with Crippen molar-refractivity contribution in [3.63, 3.8) is 0 Å². The first-order valence-electron chi connectivity index (χ1n) is 8.60. The molecule has 1 aromatic heterocycles. The normalized spacial score (nSPS) is 27.2. The molecule has 2 saturated heterocycles. The van der Waals surface area contributed by atoms with Crippen molar-refractivity contribution < 1.29 is 23.8 Å². The van der Waals surface area contributed by atoms with E-state index in [1.807, 2.05) is 20.8 Å². The Labute approximate surface area is 147 Å². The Morgan fingerprint density at radius 3 is 2.72 bits per heavy atom. The maximum absolute atomic E-state index is 11.9. The number of fused-ring (bicyclic) bond motifs is 1. The zero-order valence-electron chi connectivity index (χ0n) is 15.0. The molecule has 0 radical (unpaired) electrons. The summed E-state index contributed by atoms with van der Waals surface area (Å²) in [5.74, 6) is -0.438.